The molecule has 0 unspecified atom stereocenters. The molecule has 6 nitrogen and oxygen atoms in total. The third-order valence-electron chi connectivity index (χ3n) is 4.93. The van der Waals surface area contributed by atoms with Gasteiger partial charge in [-0.25, -0.2) is 0 Å². The number of aryl methyl sites for hydroxylation is 1. The van der Waals surface area contributed by atoms with Crippen LogP contribution in [-0.4, -0.2) is 34.1 Å². The summed E-state index contributed by atoms with van der Waals surface area (Å²) in [4.78, 5) is 19.6. The summed E-state index contributed by atoms with van der Waals surface area (Å²) in [5.74, 6) is 1.57. The lowest BCUT2D eigenvalue weighted by Crippen LogP contribution is -2.31. The van der Waals surface area contributed by atoms with E-state index in [0.717, 1.165) is 24.0 Å². The van der Waals surface area contributed by atoms with Gasteiger partial charge in [-0.2, -0.15) is 4.98 Å². The Labute approximate surface area is 164 Å². The van der Waals surface area contributed by atoms with Crippen LogP contribution in [0.4, 0.5) is 0 Å². The minimum absolute atomic E-state index is 0.0677. The maximum atomic E-state index is 13.2. The van der Waals surface area contributed by atoms with Crippen molar-refractivity contribution < 1.29 is 14.1 Å². The van der Waals surface area contributed by atoms with E-state index in [1.165, 1.54) is 0 Å². The number of ether oxygens (including phenoxy) is 1. The van der Waals surface area contributed by atoms with Gasteiger partial charge in [-0.3, -0.25) is 4.79 Å². The van der Waals surface area contributed by atoms with Crippen LogP contribution in [0, 0.1) is 6.92 Å². The van der Waals surface area contributed by atoms with Crippen molar-refractivity contribution in [2.75, 3.05) is 13.2 Å². The number of aromatic nitrogens is 2. The van der Waals surface area contributed by atoms with Crippen molar-refractivity contribution in [2.24, 2.45) is 0 Å². The van der Waals surface area contributed by atoms with E-state index in [1.807, 2.05) is 61.2 Å². The van der Waals surface area contributed by atoms with Gasteiger partial charge in [-0.15, -0.1) is 0 Å². The Hall–Kier alpha value is -3.15. The fourth-order valence-electron chi connectivity index (χ4n) is 3.62. The second kappa shape index (κ2) is 7.84. The molecule has 1 aliphatic rings. The normalized spacial score (nSPS) is 16.4. The van der Waals surface area contributed by atoms with Crippen molar-refractivity contribution in [1.29, 1.82) is 0 Å². The number of para-hydroxylation sites is 1. The molecule has 2 heterocycles. The Balaban J connectivity index is 1.60. The van der Waals surface area contributed by atoms with Crippen molar-refractivity contribution in [2.45, 2.75) is 32.7 Å². The van der Waals surface area contributed by atoms with Crippen LogP contribution in [0.2, 0.25) is 0 Å². The van der Waals surface area contributed by atoms with Gasteiger partial charge in [0.1, 0.15) is 11.8 Å². The third kappa shape index (κ3) is 3.50. The van der Waals surface area contributed by atoms with Crippen molar-refractivity contribution in [3.05, 3.63) is 65.5 Å². The average Bonchev–Trinajstić information content (AvgIpc) is 3.37. The first kappa shape index (κ1) is 18.2. The van der Waals surface area contributed by atoms with Crippen molar-refractivity contribution in [3.63, 3.8) is 0 Å². The Morgan fingerprint density at radius 3 is 2.93 bits per heavy atom. The molecule has 144 valence electrons. The minimum Gasteiger partial charge on any atom is -0.493 e. The smallest absolute Gasteiger partial charge is 0.258 e. The maximum absolute atomic E-state index is 13.2. The zero-order valence-electron chi connectivity index (χ0n) is 16.1. The predicted molar refractivity (Wildman–Crippen MR) is 105 cm³/mol. The monoisotopic (exact) mass is 377 g/mol. The molecule has 0 spiro atoms. The Morgan fingerprint density at radius 2 is 2.11 bits per heavy atom. The summed E-state index contributed by atoms with van der Waals surface area (Å²) in [6.07, 6.45) is 1.70. The quantitative estimate of drug-likeness (QED) is 0.658. The van der Waals surface area contributed by atoms with Gasteiger partial charge in [0.25, 0.3) is 5.91 Å². The summed E-state index contributed by atoms with van der Waals surface area (Å²) >= 11 is 0. The molecule has 0 saturated carbocycles. The molecule has 1 fully saturated rings. The summed E-state index contributed by atoms with van der Waals surface area (Å²) in [6.45, 7) is 5.10. The molecular formula is C22H23N3O3. The van der Waals surface area contributed by atoms with Gasteiger partial charge in [0.15, 0.2) is 0 Å². The van der Waals surface area contributed by atoms with Gasteiger partial charge < -0.3 is 14.2 Å². The van der Waals surface area contributed by atoms with E-state index >= 15 is 0 Å². The fourth-order valence-corrected chi connectivity index (χ4v) is 3.62. The van der Waals surface area contributed by atoms with Crippen LogP contribution >= 0.6 is 0 Å². The molecule has 28 heavy (non-hydrogen) atoms. The number of carbonyl (C=O) groups excluding carboxylic acids is 1. The Kier molecular flexibility index (Phi) is 5.10. The summed E-state index contributed by atoms with van der Waals surface area (Å²) in [6, 6.07) is 15.1. The lowest BCUT2D eigenvalue weighted by Gasteiger charge is -2.23. The van der Waals surface area contributed by atoms with Gasteiger partial charge in [0.05, 0.1) is 12.2 Å². The van der Waals surface area contributed by atoms with Gasteiger partial charge in [0.2, 0.25) is 11.7 Å². The topological polar surface area (TPSA) is 68.5 Å². The molecule has 1 saturated heterocycles. The highest BCUT2D eigenvalue weighted by atomic mass is 16.5. The van der Waals surface area contributed by atoms with Crippen LogP contribution in [0.1, 0.15) is 47.6 Å². The van der Waals surface area contributed by atoms with Gasteiger partial charge in [0, 0.05) is 12.1 Å². The van der Waals surface area contributed by atoms with E-state index in [1.54, 1.807) is 6.07 Å². The third-order valence-corrected chi connectivity index (χ3v) is 4.93. The molecule has 0 bridgehead atoms. The van der Waals surface area contributed by atoms with Crippen molar-refractivity contribution >= 4 is 5.91 Å². The minimum atomic E-state index is -0.215. The largest absolute Gasteiger partial charge is 0.493 e. The molecule has 0 radical (unpaired) electrons. The molecule has 3 aromatic rings. The molecule has 1 amide bonds. The number of hydrogen-bond donors (Lipinski definition) is 0. The number of rotatable bonds is 5. The maximum Gasteiger partial charge on any atom is 0.258 e. The zero-order chi connectivity index (χ0) is 19.5. The lowest BCUT2D eigenvalue weighted by atomic mass is 10.1. The van der Waals surface area contributed by atoms with Crippen LogP contribution in [-0.2, 0) is 0 Å². The predicted octanol–water partition coefficient (Wildman–Crippen LogP) is 4.42. The number of benzene rings is 2. The number of hydrogen-bond acceptors (Lipinski definition) is 5. The van der Waals surface area contributed by atoms with E-state index in [9.17, 15) is 4.79 Å². The number of amides is 1. The van der Waals surface area contributed by atoms with Crippen LogP contribution in [0.25, 0.3) is 11.4 Å². The van der Waals surface area contributed by atoms with Crippen molar-refractivity contribution in [3.8, 4) is 17.1 Å². The zero-order valence-corrected chi connectivity index (χ0v) is 16.1. The highest BCUT2D eigenvalue weighted by Crippen LogP contribution is 2.34. The second-order valence-corrected chi connectivity index (χ2v) is 6.91. The standard InChI is InChI=1S/C22H23N3O3/c1-3-27-19-12-5-4-10-17(19)22(26)25-13-7-11-18(25)21-23-20(24-28-21)16-9-6-8-15(2)14-16/h4-6,8-10,12,14,18H,3,7,11,13H2,1-2H3/t18-/m0/s1. The molecule has 0 aliphatic carbocycles. The summed E-state index contributed by atoms with van der Waals surface area (Å²) in [7, 11) is 0. The molecular weight excluding hydrogens is 354 g/mol. The fraction of sp³-hybridized carbons (Fsp3) is 0.318. The first-order valence-electron chi connectivity index (χ1n) is 9.61. The van der Waals surface area contributed by atoms with Gasteiger partial charge >= 0.3 is 0 Å². The number of nitrogens with zero attached hydrogens (tertiary/aromatic N) is 3. The number of likely N-dealkylation sites (tertiary alicyclic amines) is 1. The SMILES string of the molecule is CCOc1ccccc1C(=O)N1CCC[C@H]1c1nc(-c2cccc(C)c2)no1. The van der Waals surface area contributed by atoms with Crippen LogP contribution in [0.15, 0.2) is 53.1 Å². The van der Waals surface area contributed by atoms with Gasteiger partial charge in [-0.05, 0) is 44.9 Å². The molecule has 4 rings (SSSR count). The van der Waals surface area contributed by atoms with E-state index < -0.39 is 0 Å². The van der Waals surface area contributed by atoms with Gasteiger partial charge in [-0.1, -0.05) is 41.1 Å². The Bertz CT molecular complexity index is 982. The summed E-state index contributed by atoms with van der Waals surface area (Å²) in [5, 5.41) is 4.14. The molecule has 6 heteroatoms. The van der Waals surface area contributed by atoms with Crippen LogP contribution < -0.4 is 4.74 Å². The summed E-state index contributed by atoms with van der Waals surface area (Å²) < 4.78 is 11.2. The van der Waals surface area contributed by atoms with Crippen LogP contribution in [0.5, 0.6) is 5.75 Å². The molecule has 1 aromatic heterocycles. The van der Waals surface area contributed by atoms with Crippen molar-refractivity contribution in [1.82, 2.24) is 15.0 Å². The average molecular weight is 377 g/mol. The molecule has 0 N–H and O–H groups in total. The summed E-state index contributed by atoms with van der Waals surface area (Å²) in [5.41, 5.74) is 2.61. The van der Waals surface area contributed by atoms with E-state index in [2.05, 4.69) is 10.1 Å². The van der Waals surface area contributed by atoms with Crippen LogP contribution in [0.3, 0.4) is 0 Å². The first-order valence-corrected chi connectivity index (χ1v) is 9.61. The molecule has 1 atom stereocenters. The lowest BCUT2D eigenvalue weighted by molar-refractivity contribution is 0.0706. The molecule has 1 aliphatic heterocycles. The van der Waals surface area contributed by atoms with E-state index in [-0.39, 0.29) is 11.9 Å². The molecule has 2 aromatic carbocycles. The number of carbonyl (C=O) groups is 1. The highest BCUT2D eigenvalue weighted by molar-refractivity contribution is 5.97. The highest BCUT2D eigenvalue weighted by Gasteiger charge is 2.35. The first-order chi connectivity index (χ1) is 13.7. The van der Waals surface area contributed by atoms with E-state index in [0.29, 0.717) is 36.2 Å². The van der Waals surface area contributed by atoms with E-state index in [4.69, 9.17) is 9.26 Å². The Morgan fingerprint density at radius 1 is 1.25 bits per heavy atom. The second-order valence-electron chi connectivity index (χ2n) is 6.91.